The van der Waals surface area contributed by atoms with E-state index in [2.05, 4.69) is 5.32 Å². The number of halogens is 1. The summed E-state index contributed by atoms with van der Waals surface area (Å²) in [5, 5.41) is 12.6. The first kappa shape index (κ1) is 13.8. The predicted octanol–water partition coefficient (Wildman–Crippen LogP) is 0.715. The number of hydrogen-bond donors (Lipinski definition) is 2. The van der Waals surface area contributed by atoms with Gasteiger partial charge in [-0.2, -0.15) is 0 Å². The van der Waals surface area contributed by atoms with Crippen molar-refractivity contribution in [1.29, 1.82) is 0 Å². The number of aliphatic hydroxyl groups is 1. The highest BCUT2D eigenvalue weighted by atomic mass is 19.1. The lowest BCUT2D eigenvalue weighted by Gasteiger charge is -2.20. The van der Waals surface area contributed by atoms with Gasteiger partial charge in [0.05, 0.1) is 13.7 Å². The Morgan fingerprint density at radius 1 is 1.63 bits per heavy atom. The molecule has 2 rings (SSSR count). The maximum absolute atomic E-state index is 13.5. The average molecular weight is 269 g/mol. The summed E-state index contributed by atoms with van der Waals surface area (Å²) in [5.74, 6) is -0.959. The van der Waals surface area contributed by atoms with Crippen LogP contribution in [-0.2, 0) is 4.74 Å². The standard InChI is InChI=1S/C13H16FNO4/c1-18-11-3-2-9(6-10(11)14)12(16)15-7-13(17)4-5-19-8-13/h2-3,6,17H,4-5,7-8H2,1H3,(H,15,16)/t13-/m0/s1. The van der Waals surface area contributed by atoms with Crippen molar-refractivity contribution in [1.82, 2.24) is 5.32 Å². The minimum atomic E-state index is -1.03. The first-order valence-corrected chi connectivity index (χ1v) is 5.96. The number of nitrogens with one attached hydrogen (secondary N) is 1. The van der Waals surface area contributed by atoms with Crippen molar-refractivity contribution in [2.45, 2.75) is 12.0 Å². The van der Waals surface area contributed by atoms with Gasteiger partial charge in [-0.15, -0.1) is 0 Å². The average Bonchev–Trinajstić information content (AvgIpc) is 2.83. The van der Waals surface area contributed by atoms with Gasteiger partial charge in [-0.25, -0.2) is 4.39 Å². The number of ether oxygens (including phenoxy) is 2. The molecule has 0 spiro atoms. The molecule has 0 bridgehead atoms. The molecule has 104 valence electrons. The summed E-state index contributed by atoms with van der Waals surface area (Å²) in [7, 11) is 1.35. The first-order chi connectivity index (χ1) is 9.04. The van der Waals surface area contributed by atoms with Gasteiger partial charge in [0.2, 0.25) is 0 Å². The predicted molar refractivity (Wildman–Crippen MR) is 65.7 cm³/mol. The summed E-state index contributed by atoms with van der Waals surface area (Å²) < 4.78 is 23.3. The van der Waals surface area contributed by atoms with Gasteiger partial charge >= 0.3 is 0 Å². The van der Waals surface area contributed by atoms with Crippen LogP contribution in [-0.4, -0.2) is 43.5 Å². The van der Waals surface area contributed by atoms with Crippen molar-refractivity contribution >= 4 is 5.91 Å². The molecule has 1 aromatic carbocycles. The quantitative estimate of drug-likeness (QED) is 0.845. The van der Waals surface area contributed by atoms with Gasteiger partial charge in [0.15, 0.2) is 11.6 Å². The molecule has 1 aliphatic rings. The van der Waals surface area contributed by atoms with Crippen LogP contribution in [0.4, 0.5) is 4.39 Å². The fourth-order valence-electron chi connectivity index (χ4n) is 1.89. The highest BCUT2D eigenvalue weighted by Gasteiger charge is 2.32. The molecule has 6 heteroatoms. The molecule has 1 aromatic rings. The smallest absolute Gasteiger partial charge is 0.251 e. The van der Waals surface area contributed by atoms with Crippen LogP contribution in [0.5, 0.6) is 5.75 Å². The third kappa shape index (κ3) is 3.21. The maximum Gasteiger partial charge on any atom is 0.251 e. The number of methoxy groups -OCH3 is 1. The Hall–Kier alpha value is -1.66. The summed E-state index contributed by atoms with van der Waals surface area (Å²) in [5.41, 5.74) is -0.846. The Bertz CT molecular complexity index is 472. The van der Waals surface area contributed by atoms with E-state index < -0.39 is 17.3 Å². The van der Waals surface area contributed by atoms with Gasteiger partial charge < -0.3 is 19.9 Å². The third-order valence-corrected chi connectivity index (χ3v) is 3.07. The Labute approximate surface area is 110 Å². The molecular formula is C13H16FNO4. The van der Waals surface area contributed by atoms with Gasteiger partial charge in [0, 0.05) is 25.1 Å². The summed E-state index contributed by atoms with van der Waals surface area (Å²) in [6.45, 7) is 0.757. The van der Waals surface area contributed by atoms with Gasteiger partial charge in [-0.1, -0.05) is 0 Å². The molecule has 0 radical (unpaired) electrons. The number of carbonyl (C=O) groups excluding carboxylic acids is 1. The second-order valence-corrected chi connectivity index (χ2v) is 4.56. The Morgan fingerprint density at radius 2 is 2.42 bits per heavy atom. The van der Waals surface area contributed by atoms with E-state index in [-0.39, 0.29) is 24.5 Å². The van der Waals surface area contributed by atoms with E-state index in [0.717, 1.165) is 6.07 Å². The first-order valence-electron chi connectivity index (χ1n) is 5.96. The maximum atomic E-state index is 13.5. The largest absolute Gasteiger partial charge is 0.494 e. The summed E-state index contributed by atoms with van der Waals surface area (Å²) in [4.78, 5) is 11.8. The van der Waals surface area contributed by atoms with Crippen LogP contribution in [0, 0.1) is 5.82 Å². The van der Waals surface area contributed by atoms with Crippen molar-refractivity contribution in [2.24, 2.45) is 0 Å². The van der Waals surface area contributed by atoms with E-state index in [4.69, 9.17) is 9.47 Å². The van der Waals surface area contributed by atoms with Gasteiger partial charge in [-0.05, 0) is 18.2 Å². The molecule has 1 aliphatic heterocycles. The lowest BCUT2D eigenvalue weighted by atomic mass is 10.0. The highest BCUT2D eigenvalue weighted by Crippen LogP contribution is 2.19. The van der Waals surface area contributed by atoms with Crippen LogP contribution < -0.4 is 10.1 Å². The zero-order chi connectivity index (χ0) is 13.9. The van der Waals surface area contributed by atoms with Crippen LogP contribution in [0.25, 0.3) is 0 Å². The van der Waals surface area contributed by atoms with Crippen molar-refractivity contribution in [3.8, 4) is 5.75 Å². The molecule has 2 N–H and O–H groups in total. The fraction of sp³-hybridized carbons (Fsp3) is 0.462. The zero-order valence-corrected chi connectivity index (χ0v) is 10.6. The van der Waals surface area contributed by atoms with Crippen LogP contribution in [0.15, 0.2) is 18.2 Å². The van der Waals surface area contributed by atoms with E-state index in [9.17, 15) is 14.3 Å². The lowest BCUT2D eigenvalue weighted by molar-refractivity contribution is 0.0264. The van der Waals surface area contributed by atoms with Crippen LogP contribution in [0.1, 0.15) is 16.8 Å². The van der Waals surface area contributed by atoms with E-state index in [1.165, 1.54) is 19.2 Å². The summed E-state index contributed by atoms with van der Waals surface area (Å²) in [6, 6.07) is 3.95. The van der Waals surface area contributed by atoms with E-state index in [1.54, 1.807) is 0 Å². The summed E-state index contributed by atoms with van der Waals surface area (Å²) >= 11 is 0. The fourth-order valence-corrected chi connectivity index (χ4v) is 1.89. The topological polar surface area (TPSA) is 67.8 Å². The molecule has 1 amide bonds. The number of benzene rings is 1. The number of hydrogen-bond acceptors (Lipinski definition) is 4. The SMILES string of the molecule is COc1ccc(C(=O)NC[C@@]2(O)CCOC2)cc1F. The Morgan fingerprint density at radius 3 is 3.00 bits per heavy atom. The lowest BCUT2D eigenvalue weighted by Crippen LogP contribution is -2.43. The number of carbonyl (C=O) groups is 1. The number of amides is 1. The van der Waals surface area contributed by atoms with Gasteiger partial charge in [-0.3, -0.25) is 4.79 Å². The van der Waals surface area contributed by atoms with Crippen LogP contribution >= 0.6 is 0 Å². The molecule has 0 unspecified atom stereocenters. The third-order valence-electron chi connectivity index (χ3n) is 3.07. The van der Waals surface area contributed by atoms with Crippen molar-refractivity contribution in [2.75, 3.05) is 26.9 Å². The zero-order valence-electron chi connectivity index (χ0n) is 10.6. The second kappa shape index (κ2) is 5.54. The molecule has 0 aromatic heterocycles. The van der Waals surface area contributed by atoms with Crippen molar-refractivity contribution in [3.63, 3.8) is 0 Å². The van der Waals surface area contributed by atoms with E-state index in [0.29, 0.717) is 13.0 Å². The monoisotopic (exact) mass is 269 g/mol. The molecule has 5 nitrogen and oxygen atoms in total. The Balaban J connectivity index is 1.98. The molecule has 19 heavy (non-hydrogen) atoms. The molecule has 1 atom stereocenters. The van der Waals surface area contributed by atoms with E-state index in [1.807, 2.05) is 0 Å². The van der Waals surface area contributed by atoms with E-state index >= 15 is 0 Å². The van der Waals surface area contributed by atoms with Gasteiger partial charge in [0.1, 0.15) is 5.60 Å². The Kier molecular flexibility index (Phi) is 4.01. The van der Waals surface area contributed by atoms with Crippen molar-refractivity contribution in [3.05, 3.63) is 29.6 Å². The summed E-state index contributed by atoms with van der Waals surface area (Å²) in [6.07, 6.45) is 0.476. The van der Waals surface area contributed by atoms with Crippen molar-refractivity contribution < 1.29 is 23.8 Å². The normalized spacial score (nSPS) is 22.3. The molecule has 0 aliphatic carbocycles. The minimum absolute atomic E-state index is 0.0828. The molecule has 0 saturated carbocycles. The second-order valence-electron chi connectivity index (χ2n) is 4.56. The molecule has 1 saturated heterocycles. The molecule has 1 heterocycles. The highest BCUT2D eigenvalue weighted by molar-refractivity contribution is 5.94. The molecule has 1 fully saturated rings. The minimum Gasteiger partial charge on any atom is -0.494 e. The van der Waals surface area contributed by atoms with Gasteiger partial charge in [0.25, 0.3) is 5.91 Å². The van der Waals surface area contributed by atoms with Crippen LogP contribution in [0.3, 0.4) is 0 Å². The number of rotatable bonds is 4. The van der Waals surface area contributed by atoms with Crippen LogP contribution in [0.2, 0.25) is 0 Å². The molecular weight excluding hydrogens is 253 g/mol.